The topological polar surface area (TPSA) is 97.2 Å². The van der Waals surface area contributed by atoms with E-state index in [4.69, 9.17) is 5.73 Å². The molecule has 23 heavy (non-hydrogen) atoms. The highest BCUT2D eigenvalue weighted by molar-refractivity contribution is 14.0. The third-order valence-corrected chi connectivity index (χ3v) is 3.89. The second-order valence-electron chi connectivity index (χ2n) is 5.44. The van der Waals surface area contributed by atoms with Crippen LogP contribution in [0, 0.1) is 0 Å². The van der Waals surface area contributed by atoms with Crippen LogP contribution in [0.3, 0.4) is 0 Å². The van der Waals surface area contributed by atoms with Gasteiger partial charge in [-0.3, -0.25) is 9.67 Å². The van der Waals surface area contributed by atoms with Crippen molar-refractivity contribution in [1.82, 2.24) is 24.6 Å². The van der Waals surface area contributed by atoms with Crippen molar-refractivity contribution in [3.63, 3.8) is 0 Å². The molecule has 0 bridgehead atoms. The summed E-state index contributed by atoms with van der Waals surface area (Å²) in [6.45, 7) is 3.33. The first kappa shape index (κ1) is 17.7. The molecule has 0 aromatic carbocycles. The molecule has 2 aromatic rings. The summed E-state index contributed by atoms with van der Waals surface area (Å²) in [5.74, 6) is 1.43. The van der Waals surface area contributed by atoms with E-state index in [-0.39, 0.29) is 24.0 Å². The molecule has 0 aliphatic carbocycles. The largest absolute Gasteiger partial charge is 0.370 e. The van der Waals surface area contributed by atoms with Crippen LogP contribution in [0.15, 0.2) is 17.5 Å². The minimum absolute atomic E-state index is 0. The van der Waals surface area contributed by atoms with Gasteiger partial charge in [-0.05, 0) is 19.3 Å². The van der Waals surface area contributed by atoms with E-state index in [0.29, 0.717) is 19.0 Å². The van der Waals surface area contributed by atoms with Crippen LogP contribution >= 0.6 is 24.0 Å². The van der Waals surface area contributed by atoms with Crippen LogP contribution in [0.1, 0.15) is 19.3 Å². The fraction of sp³-hybridized carbons (Fsp3) is 0.571. The second kappa shape index (κ2) is 8.27. The number of hydrogen-bond acceptors (Lipinski definition) is 5. The van der Waals surface area contributed by atoms with Crippen LogP contribution in [0.4, 0.5) is 5.82 Å². The van der Waals surface area contributed by atoms with E-state index in [1.165, 1.54) is 25.6 Å². The summed E-state index contributed by atoms with van der Waals surface area (Å²) in [6, 6.07) is 0. The van der Waals surface area contributed by atoms with Crippen molar-refractivity contribution in [2.75, 3.05) is 31.5 Å². The number of piperidine rings is 1. The van der Waals surface area contributed by atoms with E-state index in [2.05, 4.69) is 30.3 Å². The highest BCUT2D eigenvalue weighted by atomic mass is 127. The van der Waals surface area contributed by atoms with Crippen molar-refractivity contribution in [3.05, 3.63) is 12.5 Å². The van der Waals surface area contributed by atoms with Crippen molar-refractivity contribution >= 4 is 46.8 Å². The number of aliphatic imine (C=N–C) groups is 1. The number of aromatic nitrogens is 4. The first-order valence-electron chi connectivity index (χ1n) is 7.67. The van der Waals surface area contributed by atoms with Gasteiger partial charge in [-0.2, -0.15) is 5.10 Å². The molecule has 9 heteroatoms. The third kappa shape index (κ3) is 4.21. The fourth-order valence-corrected chi connectivity index (χ4v) is 2.67. The number of aryl methyl sites for hydroxylation is 1. The van der Waals surface area contributed by atoms with Crippen LogP contribution < -0.4 is 11.1 Å². The minimum atomic E-state index is 0. The number of guanidine groups is 1. The zero-order chi connectivity index (χ0) is 15.4. The predicted octanol–water partition coefficient (Wildman–Crippen LogP) is 1.19. The molecule has 2 aromatic heterocycles. The quantitative estimate of drug-likeness (QED) is 0.328. The monoisotopic (exact) mass is 430 g/mol. The van der Waals surface area contributed by atoms with E-state index in [0.717, 1.165) is 29.9 Å². The van der Waals surface area contributed by atoms with Gasteiger partial charge in [0.1, 0.15) is 12.1 Å². The molecule has 1 fully saturated rings. The van der Waals surface area contributed by atoms with E-state index in [1.807, 2.05) is 7.05 Å². The van der Waals surface area contributed by atoms with Crippen molar-refractivity contribution in [3.8, 4) is 0 Å². The summed E-state index contributed by atoms with van der Waals surface area (Å²) in [4.78, 5) is 15.1. The Morgan fingerprint density at radius 3 is 2.87 bits per heavy atom. The number of anilines is 1. The summed E-state index contributed by atoms with van der Waals surface area (Å²) in [5, 5.41) is 8.38. The number of fused-ring (bicyclic) bond motifs is 1. The van der Waals surface area contributed by atoms with Crippen molar-refractivity contribution in [2.45, 2.75) is 19.3 Å². The lowest BCUT2D eigenvalue weighted by molar-refractivity contribution is 0.338. The molecule has 3 heterocycles. The number of nitrogens with two attached hydrogens (primary N) is 1. The molecule has 1 saturated heterocycles. The number of halogens is 1. The van der Waals surface area contributed by atoms with E-state index >= 15 is 0 Å². The number of nitrogens with zero attached hydrogens (tertiary/aromatic N) is 6. The van der Waals surface area contributed by atoms with Gasteiger partial charge >= 0.3 is 0 Å². The maximum absolute atomic E-state index is 6.03. The molecule has 0 radical (unpaired) electrons. The average molecular weight is 430 g/mol. The van der Waals surface area contributed by atoms with Crippen molar-refractivity contribution in [1.29, 1.82) is 0 Å². The standard InChI is InChI=1S/C14H22N8.HI/c1-21-13-11(9-20-21)12(18-10-19-13)16-5-6-17-14(15)22-7-3-2-4-8-22;/h9-10H,2-8H2,1H3,(H2,15,17)(H,16,18,19);1H. The van der Waals surface area contributed by atoms with E-state index < -0.39 is 0 Å². The van der Waals surface area contributed by atoms with Gasteiger partial charge in [-0.15, -0.1) is 24.0 Å². The van der Waals surface area contributed by atoms with Gasteiger partial charge in [0.05, 0.1) is 18.1 Å². The van der Waals surface area contributed by atoms with Crippen LogP contribution in [0.2, 0.25) is 0 Å². The van der Waals surface area contributed by atoms with Crippen LogP contribution in [0.5, 0.6) is 0 Å². The molecule has 0 atom stereocenters. The lowest BCUT2D eigenvalue weighted by atomic mass is 10.1. The number of nitrogens with one attached hydrogen (secondary N) is 1. The Bertz CT molecular complexity index is 662. The Hall–Kier alpha value is -1.65. The Labute approximate surface area is 152 Å². The maximum atomic E-state index is 6.03. The smallest absolute Gasteiger partial charge is 0.191 e. The van der Waals surface area contributed by atoms with Crippen molar-refractivity contribution in [2.24, 2.45) is 17.8 Å². The number of hydrogen-bond donors (Lipinski definition) is 2. The molecule has 3 N–H and O–H groups in total. The van der Waals surface area contributed by atoms with Crippen LogP contribution in [0.25, 0.3) is 11.0 Å². The molecule has 0 spiro atoms. The number of rotatable bonds is 4. The van der Waals surface area contributed by atoms with Gasteiger partial charge < -0.3 is 16.0 Å². The summed E-state index contributed by atoms with van der Waals surface area (Å²) in [5.41, 5.74) is 6.84. The van der Waals surface area contributed by atoms with Crippen molar-refractivity contribution < 1.29 is 0 Å². The normalized spacial score (nSPS) is 15.5. The van der Waals surface area contributed by atoms with Gasteiger partial charge in [-0.1, -0.05) is 0 Å². The summed E-state index contributed by atoms with van der Waals surface area (Å²) < 4.78 is 1.73. The molecule has 8 nitrogen and oxygen atoms in total. The molecule has 0 saturated carbocycles. The zero-order valence-corrected chi connectivity index (χ0v) is 15.6. The van der Waals surface area contributed by atoms with Gasteiger partial charge in [0, 0.05) is 26.7 Å². The second-order valence-corrected chi connectivity index (χ2v) is 5.44. The summed E-state index contributed by atoms with van der Waals surface area (Å²) >= 11 is 0. The Morgan fingerprint density at radius 2 is 2.09 bits per heavy atom. The Kier molecular flexibility index (Phi) is 6.37. The van der Waals surface area contributed by atoms with Gasteiger partial charge in [0.2, 0.25) is 0 Å². The highest BCUT2D eigenvalue weighted by Crippen LogP contribution is 2.17. The SMILES string of the molecule is Cn1ncc2c(NCCN=C(N)N3CCCCC3)ncnc21.I. The van der Waals surface area contributed by atoms with Crippen LogP contribution in [-0.2, 0) is 7.05 Å². The summed E-state index contributed by atoms with van der Waals surface area (Å²) in [6.07, 6.45) is 7.00. The Balaban J connectivity index is 0.00000192. The molecule has 0 unspecified atom stereocenters. The minimum Gasteiger partial charge on any atom is -0.370 e. The number of likely N-dealkylation sites (tertiary alicyclic amines) is 1. The lowest BCUT2D eigenvalue weighted by Gasteiger charge is -2.27. The maximum Gasteiger partial charge on any atom is 0.191 e. The highest BCUT2D eigenvalue weighted by Gasteiger charge is 2.11. The molecular weight excluding hydrogens is 407 g/mol. The molecule has 1 aliphatic heterocycles. The summed E-state index contributed by atoms with van der Waals surface area (Å²) in [7, 11) is 1.86. The predicted molar refractivity (Wildman–Crippen MR) is 102 cm³/mol. The van der Waals surface area contributed by atoms with Crippen LogP contribution in [-0.4, -0.2) is 56.8 Å². The lowest BCUT2D eigenvalue weighted by Crippen LogP contribution is -2.41. The van der Waals surface area contributed by atoms with Gasteiger partial charge in [0.25, 0.3) is 0 Å². The van der Waals surface area contributed by atoms with Gasteiger partial charge in [0.15, 0.2) is 11.6 Å². The first-order chi connectivity index (χ1) is 10.8. The molecule has 1 aliphatic rings. The third-order valence-electron chi connectivity index (χ3n) is 3.89. The Morgan fingerprint density at radius 1 is 1.30 bits per heavy atom. The zero-order valence-electron chi connectivity index (χ0n) is 13.3. The molecular formula is C14H23IN8. The van der Waals surface area contributed by atoms with E-state index in [1.54, 1.807) is 10.9 Å². The van der Waals surface area contributed by atoms with Gasteiger partial charge in [-0.25, -0.2) is 9.97 Å². The molecule has 0 amide bonds. The molecule has 3 rings (SSSR count). The molecule has 126 valence electrons. The first-order valence-corrected chi connectivity index (χ1v) is 7.67. The fourth-order valence-electron chi connectivity index (χ4n) is 2.67. The van der Waals surface area contributed by atoms with E-state index in [9.17, 15) is 0 Å². The average Bonchev–Trinajstić information content (AvgIpc) is 2.94.